The molecule has 0 radical (unpaired) electrons. The summed E-state index contributed by atoms with van der Waals surface area (Å²) in [6, 6.07) is 8.95. The van der Waals surface area contributed by atoms with Crippen LogP contribution in [0.1, 0.15) is 125 Å². The summed E-state index contributed by atoms with van der Waals surface area (Å²) in [7, 11) is 0. The van der Waals surface area contributed by atoms with E-state index in [1.165, 1.54) is 75.3 Å². The topological polar surface area (TPSA) is 35.0 Å². The first-order valence-electron chi connectivity index (χ1n) is 13.4. The first kappa shape index (κ1) is 24.4. The van der Waals surface area contributed by atoms with Gasteiger partial charge in [0.1, 0.15) is 0 Å². The summed E-state index contributed by atoms with van der Waals surface area (Å²) in [4.78, 5) is 8.85. The van der Waals surface area contributed by atoms with Crippen LogP contribution in [0.3, 0.4) is 0 Å². The zero-order chi connectivity index (χ0) is 23.3. The maximum Gasteiger partial charge on any atom is 0.0695 e. The first-order valence-corrected chi connectivity index (χ1v) is 13.4. The Balaban J connectivity index is 1.57. The summed E-state index contributed by atoms with van der Waals surface area (Å²) in [6.45, 7) is 8.99. The Morgan fingerprint density at radius 1 is 0.697 bits per heavy atom. The molecule has 3 heteroatoms. The Morgan fingerprint density at radius 3 is 1.45 bits per heavy atom. The fourth-order valence-corrected chi connectivity index (χ4v) is 6.65. The molecule has 2 aromatic rings. The molecule has 2 atom stereocenters. The summed E-state index contributed by atoms with van der Waals surface area (Å²) in [5.74, 6) is 0.983. The summed E-state index contributed by atoms with van der Waals surface area (Å²) in [5, 5.41) is 0. The van der Waals surface area contributed by atoms with Crippen LogP contribution >= 0.6 is 0 Å². The molecule has 0 spiro atoms. The fourth-order valence-electron chi connectivity index (χ4n) is 6.65. The standard InChI is InChI=1S/C30H44N2O/c1-23(27-11-17-31-25(3)19-27)21-29(13-7-5-8-14-29)33-30(15-9-6-10-16-30)22-24(2)28-12-18-32-26(4)20-28/h11-12,17-20,23-24H,5-10,13-16,21-22H2,1-4H3. The molecule has 2 unspecified atom stereocenters. The molecule has 0 amide bonds. The summed E-state index contributed by atoms with van der Waals surface area (Å²) < 4.78 is 7.52. The summed E-state index contributed by atoms with van der Waals surface area (Å²) in [5.41, 5.74) is 5.08. The van der Waals surface area contributed by atoms with Gasteiger partial charge in [-0.1, -0.05) is 52.4 Å². The van der Waals surface area contributed by atoms with Gasteiger partial charge in [0.05, 0.1) is 11.2 Å². The minimum Gasteiger partial charge on any atom is -0.369 e. The van der Waals surface area contributed by atoms with Crippen molar-refractivity contribution in [3.8, 4) is 0 Å². The molecule has 4 rings (SSSR count). The second kappa shape index (κ2) is 10.7. The minimum atomic E-state index is 0.0139. The lowest BCUT2D eigenvalue weighted by atomic mass is 9.73. The van der Waals surface area contributed by atoms with Crippen molar-refractivity contribution >= 4 is 0 Å². The van der Waals surface area contributed by atoms with Gasteiger partial charge in [-0.25, -0.2) is 0 Å². The van der Waals surface area contributed by atoms with Gasteiger partial charge in [0.2, 0.25) is 0 Å². The van der Waals surface area contributed by atoms with Crippen molar-refractivity contribution in [2.24, 2.45) is 0 Å². The van der Waals surface area contributed by atoms with Crippen LogP contribution in [0.4, 0.5) is 0 Å². The Kier molecular flexibility index (Phi) is 7.89. The van der Waals surface area contributed by atoms with E-state index in [0.717, 1.165) is 24.2 Å². The molecule has 2 heterocycles. The molecule has 0 bridgehead atoms. The van der Waals surface area contributed by atoms with Gasteiger partial charge < -0.3 is 4.74 Å². The zero-order valence-corrected chi connectivity index (χ0v) is 21.4. The molecule has 2 aliphatic carbocycles. The highest BCUT2D eigenvalue weighted by molar-refractivity contribution is 5.21. The zero-order valence-electron chi connectivity index (χ0n) is 21.4. The molecule has 3 nitrogen and oxygen atoms in total. The summed E-state index contributed by atoms with van der Waals surface area (Å²) >= 11 is 0. The number of ether oxygens (including phenoxy) is 1. The van der Waals surface area contributed by atoms with Gasteiger partial charge >= 0.3 is 0 Å². The third-order valence-electron chi connectivity index (χ3n) is 8.30. The number of aryl methyl sites for hydroxylation is 2. The number of aromatic nitrogens is 2. The maximum atomic E-state index is 7.52. The molecule has 0 N–H and O–H groups in total. The third-order valence-corrected chi connectivity index (χ3v) is 8.30. The van der Waals surface area contributed by atoms with Crippen LogP contribution in [-0.2, 0) is 4.74 Å². The van der Waals surface area contributed by atoms with Gasteiger partial charge in [-0.3, -0.25) is 9.97 Å². The maximum absolute atomic E-state index is 7.52. The van der Waals surface area contributed by atoms with Gasteiger partial charge in [-0.2, -0.15) is 0 Å². The van der Waals surface area contributed by atoms with E-state index in [2.05, 4.69) is 61.9 Å². The Bertz CT molecular complexity index is 822. The van der Waals surface area contributed by atoms with E-state index in [1.54, 1.807) is 0 Å². The van der Waals surface area contributed by atoms with E-state index in [4.69, 9.17) is 4.74 Å². The van der Waals surface area contributed by atoms with Gasteiger partial charge in [-0.15, -0.1) is 0 Å². The van der Waals surface area contributed by atoms with Crippen LogP contribution in [0, 0.1) is 13.8 Å². The van der Waals surface area contributed by atoms with Crippen LogP contribution < -0.4 is 0 Å². The average molecular weight is 449 g/mol. The third kappa shape index (κ3) is 6.23. The lowest BCUT2D eigenvalue weighted by Crippen LogP contribution is -2.48. The second-order valence-corrected chi connectivity index (χ2v) is 11.3. The van der Waals surface area contributed by atoms with Crippen molar-refractivity contribution in [2.45, 2.75) is 128 Å². The monoisotopic (exact) mass is 448 g/mol. The van der Waals surface area contributed by atoms with E-state index in [9.17, 15) is 0 Å². The van der Waals surface area contributed by atoms with E-state index < -0.39 is 0 Å². The molecule has 0 aromatic carbocycles. The van der Waals surface area contributed by atoms with E-state index in [-0.39, 0.29) is 11.2 Å². The van der Waals surface area contributed by atoms with Crippen LogP contribution in [-0.4, -0.2) is 21.2 Å². The first-order chi connectivity index (χ1) is 15.9. The van der Waals surface area contributed by atoms with Gasteiger partial charge in [0.15, 0.2) is 0 Å². The number of rotatable bonds is 8. The minimum absolute atomic E-state index is 0.0139. The van der Waals surface area contributed by atoms with Crippen molar-refractivity contribution in [2.75, 3.05) is 0 Å². The number of nitrogens with zero attached hydrogens (tertiary/aromatic N) is 2. The highest BCUT2D eigenvalue weighted by atomic mass is 16.5. The second-order valence-electron chi connectivity index (χ2n) is 11.3. The fraction of sp³-hybridized carbons (Fsp3) is 0.667. The van der Waals surface area contributed by atoms with Crippen molar-refractivity contribution in [1.29, 1.82) is 0 Å². The molecular formula is C30H44N2O. The van der Waals surface area contributed by atoms with Crippen LogP contribution in [0.5, 0.6) is 0 Å². The van der Waals surface area contributed by atoms with Gasteiger partial charge in [0, 0.05) is 23.8 Å². The Hall–Kier alpha value is -1.74. The lowest BCUT2D eigenvalue weighted by molar-refractivity contribution is -0.194. The molecule has 2 fully saturated rings. The van der Waals surface area contributed by atoms with E-state index >= 15 is 0 Å². The smallest absolute Gasteiger partial charge is 0.0695 e. The number of pyridine rings is 2. The molecule has 180 valence electrons. The Morgan fingerprint density at radius 2 is 1.09 bits per heavy atom. The lowest BCUT2D eigenvalue weighted by Gasteiger charge is -2.49. The molecule has 2 saturated carbocycles. The van der Waals surface area contributed by atoms with Crippen molar-refractivity contribution < 1.29 is 4.74 Å². The molecule has 0 aliphatic heterocycles. The van der Waals surface area contributed by atoms with Gasteiger partial charge in [-0.05, 0) is 99.6 Å². The normalized spacial score (nSPS) is 21.9. The predicted molar refractivity (Wildman–Crippen MR) is 137 cm³/mol. The van der Waals surface area contributed by atoms with Crippen LogP contribution in [0.25, 0.3) is 0 Å². The Labute approximate surface area is 201 Å². The summed E-state index contributed by atoms with van der Waals surface area (Å²) in [6.07, 6.45) is 19.0. The molecule has 33 heavy (non-hydrogen) atoms. The van der Waals surface area contributed by atoms with Crippen LogP contribution in [0.15, 0.2) is 36.7 Å². The van der Waals surface area contributed by atoms with E-state index in [1.807, 2.05) is 12.4 Å². The molecule has 2 aliphatic rings. The van der Waals surface area contributed by atoms with Crippen molar-refractivity contribution in [3.63, 3.8) is 0 Å². The van der Waals surface area contributed by atoms with Crippen LogP contribution in [0.2, 0.25) is 0 Å². The molecule has 2 aromatic heterocycles. The molecule has 0 saturated heterocycles. The van der Waals surface area contributed by atoms with Gasteiger partial charge in [0.25, 0.3) is 0 Å². The number of hydrogen-bond donors (Lipinski definition) is 0. The molecular weight excluding hydrogens is 404 g/mol. The number of hydrogen-bond acceptors (Lipinski definition) is 3. The average Bonchev–Trinajstić information content (AvgIpc) is 2.80. The predicted octanol–water partition coefficient (Wildman–Crippen LogP) is 8.20. The highest BCUT2D eigenvalue weighted by Gasteiger charge is 2.44. The van der Waals surface area contributed by atoms with Crippen molar-refractivity contribution in [1.82, 2.24) is 9.97 Å². The van der Waals surface area contributed by atoms with Crippen molar-refractivity contribution in [3.05, 3.63) is 59.2 Å². The van der Waals surface area contributed by atoms with E-state index in [0.29, 0.717) is 11.8 Å². The quantitative estimate of drug-likeness (QED) is 0.408. The largest absolute Gasteiger partial charge is 0.369 e. The highest BCUT2D eigenvalue weighted by Crippen LogP contribution is 2.48. The SMILES string of the molecule is Cc1cc(C(C)CC2(OC3(CC(C)c4ccnc(C)c4)CCCCC3)CCCCC2)ccn1.